The summed E-state index contributed by atoms with van der Waals surface area (Å²) in [4.78, 5) is 0. The fourth-order valence-electron chi connectivity index (χ4n) is 2.17. The molecular weight excluding hydrogens is 162 g/mol. The molecule has 13 heavy (non-hydrogen) atoms. The molecule has 0 aliphatic heterocycles. The van der Waals surface area contributed by atoms with Crippen LogP contribution in [0, 0.1) is 5.92 Å². The quantitative estimate of drug-likeness (QED) is 0.746. The minimum absolute atomic E-state index is 0.818. The van der Waals surface area contributed by atoms with Gasteiger partial charge in [-0.1, -0.05) is 25.7 Å². The van der Waals surface area contributed by atoms with E-state index in [9.17, 15) is 0 Å². The first kappa shape index (κ1) is 8.60. The Balaban J connectivity index is 1.82. The van der Waals surface area contributed by atoms with Crippen molar-refractivity contribution in [1.82, 2.24) is 10.2 Å². The molecule has 1 fully saturated rings. The Morgan fingerprint density at radius 2 is 2.23 bits per heavy atom. The summed E-state index contributed by atoms with van der Waals surface area (Å²) in [6.45, 7) is 0. The Labute approximate surface area is 78.7 Å². The van der Waals surface area contributed by atoms with Gasteiger partial charge in [0.25, 0.3) is 0 Å². The van der Waals surface area contributed by atoms with E-state index in [4.69, 9.17) is 5.73 Å². The molecule has 0 aromatic carbocycles. The van der Waals surface area contributed by atoms with E-state index in [1.807, 2.05) is 0 Å². The van der Waals surface area contributed by atoms with Gasteiger partial charge in [0.2, 0.25) is 0 Å². The van der Waals surface area contributed by atoms with Crippen LogP contribution in [0.5, 0.6) is 0 Å². The number of anilines is 1. The van der Waals surface area contributed by atoms with Crippen LogP contribution in [-0.2, 0) is 6.42 Å². The zero-order chi connectivity index (χ0) is 9.10. The van der Waals surface area contributed by atoms with Crippen molar-refractivity contribution in [3.63, 3.8) is 0 Å². The van der Waals surface area contributed by atoms with Gasteiger partial charge in [-0.15, -0.1) is 0 Å². The van der Waals surface area contributed by atoms with E-state index >= 15 is 0 Å². The molecule has 2 rings (SSSR count). The van der Waals surface area contributed by atoms with Crippen LogP contribution in [0.2, 0.25) is 0 Å². The van der Waals surface area contributed by atoms with Crippen LogP contribution in [0.15, 0.2) is 6.20 Å². The third-order valence-corrected chi connectivity index (χ3v) is 3.03. The van der Waals surface area contributed by atoms with Crippen LogP contribution in [0.4, 0.5) is 5.69 Å². The van der Waals surface area contributed by atoms with Gasteiger partial charge in [-0.3, -0.25) is 5.10 Å². The Hall–Kier alpha value is -0.990. The van der Waals surface area contributed by atoms with Crippen molar-refractivity contribution in [1.29, 1.82) is 0 Å². The van der Waals surface area contributed by atoms with E-state index in [0.717, 1.165) is 23.7 Å². The van der Waals surface area contributed by atoms with Gasteiger partial charge in [-0.05, 0) is 18.8 Å². The first-order valence-electron chi connectivity index (χ1n) is 5.14. The molecule has 1 aromatic heterocycles. The normalized spacial score (nSPS) is 18.2. The Morgan fingerprint density at radius 1 is 1.46 bits per heavy atom. The minimum Gasteiger partial charge on any atom is -0.396 e. The lowest BCUT2D eigenvalue weighted by molar-refractivity contribution is 0.501. The number of rotatable bonds is 3. The topological polar surface area (TPSA) is 54.7 Å². The molecule has 1 heterocycles. The third-order valence-electron chi connectivity index (χ3n) is 3.03. The predicted molar refractivity (Wildman–Crippen MR) is 53.3 cm³/mol. The van der Waals surface area contributed by atoms with Gasteiger partial charge >= 0.3 is 0 Å². The van der Waals surface area contributed by atoms with Crippen molar-refractivity contribution in [3.8, 4) is 0 Å². The van der Waals surface area contributed by atoms with Crippen molar-refractivity contribution in [2.45, 2.75) is 38.5 Å². The minimum atomic E-state index is 0.818. The Kier molecular flexibility index (Phi) is 2.52. The van der Waals surface area contributed by atoms with Crippen molar-refractivity contribution >= 4 is 5.69 Å². The Bertz CT molecular complexity index is 261. The second-order valence-electron chi connectivity index (χ2n) is 3.99. The van der Waals surface area contributed by atoms with Gasteiger partial charge in [0, 0.05) is 0 Å². The van der Waals surface area contributed by atoms with E-state index in [0.29, 0.717) is 0 Å². The number of nitrogens with one attached hydrogen (secondary N) is 1. The lowest BCUT2D eigenvalue weighted by Crippen LogP contribution is -1.98. The van der Waals surface area contributed by atoms with Gasteiger partial charge in [0.1, 0.15) is 0 Å². The van der Waals surface area contributed by atoms with Crippen LogP contribution in [0.25, 0.3) is 0 Å². The van der Waals surface area contributed by atoms with E-state index < -0.39 is 0 Å². The first-order valence-corrected chi connectivity index (χ1v) is 5.14. The molecule has 0 amide bonds. The number of hydrogen-bond donors (Lipinski definition) is 2. The summed E-state index contributed by atoms with van der Waals surface area (Å²) in [7, 11) is 0. The van der Waals surface area contributed by atoms with Crippen LogP contribution < -0.4 is 5.73 Å². The lowest BCUT2D eigenvalue weighted by atomic mass is 10.0. The number of aromatic nitrogens is 2. The van der Waals surface area contributed by atoms with Gasteiger partial charge in [-0.2, -0.15) is 5.10 Å². The van der Waals surface area contributed by atoms with Crippen LogP contribution in [-0.4, -0.2) is 10.2 Å². The van der Waals surface area contributed by atoms with Crippen molar-refractivity contribution in [2.24, 2.45) is 5.92 Å². The highest BCUT2D eigenvalue weighted by Gasteiger charge is 2.15. The second-order valence-corrected chi connectivity index (χ2v) is 3.99. The predicted octanol–water partition coefficient (Wildman–Crippen LogP) is 2.11. The zero-order valence-electron chi connectivity index (χ0n) is 7.92. The van der Waals surface area contributed by atoms with E-state index in [1.165, 1.54) is 32.1 Å². The highest BCUT2D eigenvalue weighted by atomic mass is 15.1. The number of hydrogen-bond acceptors (Lipinski definition) is 2. The van der Waals surface area contributed by atoms with Crippen molar-refractivity contribution < 1.29 is 0 Å². The molecule has 72 valence electrons. The smallest absolute Gasteiger partial charge is 0.0730 e. The molecule has 1 aliphatic carbocycles. The monoisotopic (exact) mass is 179 g/mol. The maximum atomic E-state index is 5.73. The first-order chi connectivity index (χ1) is 6.36. The summed E-state index contributed by atoms with van der Waals surface area (Å²) in [5.74, 6) is 0.933. The molecule has 0 atom stereocenters. The number of nitrogens with two attached hydrogens (primary N) is 1. The number of nitrogens with zero attached hydrogens (tertiary/aromatic N) is 1. The van der Waals surface area contributed by atoms with Crippen LogP contribution >= 0.6 is 0 Å². The molecule has 0 unspecified atom stereocenters. The van der Waals surface area contributed by atoms with E-state index in [-0.39, 0.29) is 0 Å². The molecule has 1 aromatic rings. The molecule has 0 radical (unpaired) electrons. The van der Waals surface area contributed by atoms with Crippen molar-refractivity contribution in [3.05, 3.63) is 11.9 Å². The van der Waals surface area contributed by atoms with E-state index in [1.54, 1.807) is 6.20 Å². The molecular formula is C10H17N3. The van der Waals surface area contributed by atoms with Crippen LogP contribution in [0.3, 0.4) is 0 Å². The van der Waals surface area contributed by atoms with Gasteiger partial charge in [0.05, 0.1) is 17.6 Å². The average molecular weight is 179 g/mol. The number of aromatic amines is 1. The number of aryl methyl sites for hydroxylation is 1. The van der Waals surface area contributed by atoms with Crippen molar-refractivity contribution in [2.75, 3.05) is 5.73 Å². The van der Waals surface area contributed by atoms with Gasteiger partial charge in [0.15, 0.2) is 0 Å². The number of nitrogen functional groups attached to an aromatic ring is 1. The fraction of sp³-hybridized carbons (Fsp3) is 0.700. The second kappa shape index (κ2) is 3.81. The zero-order valence-corrected chi connectivity index (χ0v) is 7.92. The molecule has 1 saturated carbocycles. The number of H-pyrrole nitrogens is 1. The maximum absolute atomic E-state index is 5.73. The summed E-state index contributed by atoms with van der Waals surface area (Å²) in [5.41, 5.74) is 7.67. The highest BCUT2D eigenvalue weighted by Crippen LogP contribution is 2.28. The standard InChI is InChI=1S/C10H17N3/c11-9-7-12-13-10(9)6-5-8-3-1-2-4-8/h7-8H,1-6,11H2,(H,12,13). The highest BCUT2D eigenvalue weighted by molar-refractivity contribution is 5.39. The molecule has 3 nitrogen and oxygen atoms in total. The summed E-state index contributed by atoms with van der Waals surface area (Å²) in [5, 5.41) is 6.87. The summed E-state index contributed by atoms with van der Waals surface area (Å²) in [6.07, 6.45) is 9.70. The maximum Gasteiger partial charge on any atom is 0.0730 e. The average Bonchev–Trinajstić information content (AvgIpc) is 2.72. The third kappa shape index (κ3) is 2.02. The Morgan fingerprint density at radius 3 is 2.85 bits per heavy atom. The van der Waals surface area contributed by atoms with Crippen LogP contribution in [0.1, 0.15) is 37.8 Å². The summed E-state index contributed by atoms with van der Waals surface area (Å²) >= 11 is 0. The molecule has 0 bridgehead atoms. The molecule has 0 spiro atoms. The molecule has 1 aliphatic rings. The summed E-state index contributed by atoms with van der Waals surface area (Å²) < 4.78 is 0. The van der Waals surface area contributed by atoms with Gasteiger partial charge in [-0.25, -0.2) is 0 Å². The SMILES string of the molecule is Nc1cn[nH]c1CCC1CCCC1. The fourth-order valence-corrected chi connectivity index (χ4v) is 2.17. The van der Waals surface area contributed by atoms with E-state index in [2.05, 4.69) is 10.2 Å². The summed E-state index contributed by atoms with van der Waals surface area (Å²) in [6, 6.07) is 0. The van der Waals surface area contributed by atoms with Gasteiger partial charge < -0.3 is 5.73 Å². The molecule has 3 heteroatoms. The lowest BCUT2D eigenvalue weighted by Gasteiger charge is -2.06. The largest absolute Gasteiger partial charge is 0.396 e. The molecule has 0 saturated heterocycles. The molecule has 3 N–H and O–H groups in total.